The summed E-state index contributed by atoms with van der Waals surface area (Å²) in [6.45, 7) is 3.84. The molecule has 0 aromatic carbocycles. The van der Waals surface area contributed by atoms with Crippen LogP contribution in [0.2, 0.25) is 0 Å². The Balaban J connectivity index is 2.09. The van der Waals surface area contributed by atoms with Gasteiger partial charge in [0.2, 0.25) is 0 Å². The van der Waals surface area contributed by atoms with Gasteiger partial charge >= 0.3 is 0 Å². The fourth-order valence-electron chi connectivity index (χ4n) is 2.00. The van der Waals surface area contributed by atoms with Crippen molar-refractivity contribution in [1.82, 2.24) is 14.8 Å². The second kappa shape index (κ2) is 4.94. The van der Waals surface area contributed by atoms with Crippen LogP contribution in [0.4, 0.5) is 0 Å². The molecule has 0 spiro atoms. The SMILES string of the molecule is CCn1c(CCl)nnc1CC1CCCO1. The molecule has 0 amide bonds. The lowest BCUT2D eigenvalue weighted by molar-refractivity contribution is 0.109. The highest BCUT2D eigenvalue weighted by Gasteiger charge is 2.19. The Morgan fingerprint density at radius 2 is 2.27 bits per heavy atom. The van der Waals surface area contributed by atoms with Crippen LogP contribution >= 0.6 is 11.6 Å². The molecule has 5 heteroatoms. The summed E-state index contributed by atoms with van der Waals surface area (Å²) in [5.41, 5.74) is 0. The van der Waals surface area contributed by atoms with E-state index in [9.17, 15) is 0 Å². The van der Waals surface area contributed by atoms with Gasteiger partial charge in [-0.1, -0.05) is 0 Å². The average Bonchev–Trinajstić information content (AvgIpc) is 2.87. The molecule has 0 radical (unpaired) electrons. The Labute approximate surface area is 94.6 Å². The Bertz CT molecular complexity index is 320. The molecule has 1 aromatic rings. The van der Waals surface area contributed by atoms with E-state index < -0.39 is 0 Å². The Morgan fingerprint density at radius 3 is 2.87 bits per heavy atom. The summed E-state index contributed by atoms with van der Waals surface area (Å²) in [5, 5.41) is 8.24. The van der Waals surface area contributed by atoms with E-state index in [0.717, 1.165) is 44.1 Å². The van der Waals surface area contributed by atoms with Crippen molar-refractivity contribution in [2.45, 2.75) is 44.7 Å². The molecule has 1 saturated heterocycles. The minimum atomic E-state index is 0.322. The van der Waals surface area contributed by atoms with Crippen LogP contribution in [-0.4, -0.2) is 27.5 Å². The van der Waals surface area contributed by atoms with Gasteiger partial charge in [0.05, 0.1) is 12.0 Å². The van der Waals surface area contributed by atoms with Crippen molar-refractivity contribution in [3.8, 4) is 0 Å². The molecule has 2 rings (SSSR count). The fourth-order valence-corrected chi connectivity index (χ4v) is 2.19. The minimum absolute atomic E-state index is 0.322. The zero-order chi connectivity index (χ0) is 10.7. The molecule has 1 aliphatic heterocycles. The maximum Gasteiger partial charge on any atom is 0.147 e. The van der Waals surface area contributed by atoms with Gasteiger partial charge < -0.3 is 9.30 Å². The van der Waals surface area contributed by atoms with E-state index in [2.05, 4.69) is 21.7 Å². The van der Waals surface area contributed by atoms with Gasteiger partial charge in [-0.3, -0.25) is 0 Å². The van der Waals surface area contributed by atoms with Crippen LogP contribution in [0.1, 0.15) is 31.4 Å². The standard InChI is InChI=1S/C10H16ClN3O/c1-2-14-9(12-13-10(14)7-11)6-8-4-3-5-15-8/h8H,2-7H2,1H3. The minimum Gasteiger partial charge on any atom is -0.378 e. The van der Waals surface area contributed by atoms with Crippen LogP contribution in [0.5, 0.6) is 0 Å². The summed E-state index contributed by atoms with van der Waals surface area (Å²) in [5.74, 6) is 2.28. The molecular weight excluding hydrogens is 214 g/mol. The van der Waals surface area contributed by atoms with E-state index in [1.807, 2.05) is 0 Å². The largest absolute Gasteiger partial charge is 0.378 e. The monoisotopic (exact) mass is 229 g/mol. The van der Waals surface area contributed by atoms with Crippen molar-refractivity contribution in [3.63, 3.8) is 0 Å². The molecule has 0 N–H and O–H groups in total. The highest BCUT2D eigenvalue weighted by Crippen LogP contribution is 2.17. The molecule has 1 atom stereocenters. The second-order valence-corrected chi connectivity index (χ2v) is 4.02. The topological polar surface area (TPSA) is 39.9 Å². The van der Waals surface area contributed by atoms with Crippen LogP contribution in [0.25, 0.3) is 0 Å². The predicted octanol–water partition coefficient (Wildman–Crippen LogP) is 1.76. The summed E-state index contributed by atoms with van der Waals surface area (Å²) < 4.78 is 7.66. The molecule has 0 bridgehead atoms. The van der Waals surface area contributed by atoms with Gasteiger partial charge in [0.25, 0.3) is 0 Å². The van der Waals surface area contributed by atoms with Crippen molar-refractivity contribution < 1.29 is 4.74 Å². The lowest BCUT2D eigenvalue weighted by atomic mass is 10.2. The number of hydrogen-bond acceptors (Lipinski definition) is 3. The number of rotatable bonds is 4. The van der Waals surface area contributed by atoms with Crippen molar-refractivity contribution >= 4 is 11.6 Å². The molecule has 1 fully saturated rings. The van der Waals surface area contributed by atoms with Gasteiger partial charge in [-0.15, -0.1) is 21.8 Å². The molecule has 1 aromatic heterocycles. The number of ether oxygens (including phenoxy) is 1. The van der Waals surface area contributed by atoms with Crippen molar-refractivity contribution in [3.05, 3.63) is 11.6 Å². The summed E-state index contributed by atoms with van der Waals surface area (Å²) in [4.78, 5) is 0. The van der Waals surface area contributed by atoms with E-state index in [0.29, 0.717) is 12.0 Å². The Morgan fingerprint density at radius 1 is 1.47 bits per heavy atom. The first kappa shape index (κ1) is 10.9. The first-order valence-electron chi connectivity index (χ1n) is 5.43. The fraction of sp³-hybridized carbons (Fsp3) is 0.800. The van der Waals surface area contributed by atoms with E-state index in [-0.39, 0.29) is 0 Å². The number of aromatic nitrogens is 3. The van der Waals surface area contributed by atoms with Crippen molar-refractivity contribution in [2.75, 3.05) is 6.61 Å². The first-order valence-corrected chi connectivity index (χ1v) is 5.97. The van der Waals surface area contributed by atoms with E-state index >= 15 is 0 Å². The summed E-state index contributed by atoms with van der Waals surface area (Å²) in [7, 11) is 0. The molecule has 1 unspecified atom stereocenters. The number of hydrogen-bond donors (Lipinski definition) is 0. The van der Waals surface area contributed by atoms with Crippen LogP contribution in [-0.2, 0) is 23.6 Å². The highest BCUT2D eigenvalue weighted by molar-refractivity contribution is 6.16. The smallest absolute Gasteiger partial charge is 0.147 e. The molecule has 0 aliphatic carbocycles. The molecule has 4 nitrogen and oxygen atoms in total. The van der Waals surface area contributed by atoms with Gasteiger partial charge in [-0.2, -0.15) is 0 Å². The van der Waals surface area contributed by atoms with Gasteiger partial charge in [0.15, 0.2) is 0 Å². The normalized spacial score (nSPS) is 21.1. The lowest BCUT2D eigenvalue weighted by Crippen LogP contribution is -2.14. The third-order valence-electron chi connectivity index (χ3n) is 2.77. The predicted molar refractivity (Wildman–Crippen MR) is 57.9 cm³/mol. The highest BCUT2D eigenvalue weighted by atomic mass is 35.5. The van der Waals surface area contributed by atoms with E-state index in [1.54, 1.807) is 0 Å². The molecule has 2 heterocycles. The van der Waals surface area contributed by atoms with E-state index in [4.69, 9.17) is 16.3 Å². The summed E-state index contributed by atoms with van der Waals surface area (Å²) in [6.07, 6.45) is 3.47. The Hall–Kier alpha value is -0.610. The quantitative estimate of drug-likeness (QED) is 0.739. The average molecular weight is 230 g/mol. The van der Waals surface area contributed by atoms with Crippen molar-refractivity contribution in [1.29, 1.82) is 0 Å². The van der Waals surface area contributed by atoms with E-state index in [1.165, 1.54) is 0 Å². The molecule has 1 aliphatic rings. The van der Waals surface area contributed by atoms with Crippen molar-refractivity contribution in [2.24, 2.45) is 0 Å². The van der Waals surface area contributed by atoms with Gasteiger partial charge in [0, 0.05) is 19.6 Å². The summed E-state index contributed by atoms with van der Waals surface area (Å²) >= 11 is 5.79. The van der Waals surface area contributed by atoms with Gasteiger partial charge in [0.1, 0.15) is 11.6 Å². The molecule has 15 heavy (non-hydrogen) atoms. The van der Waals surface area contributed by atoms with Crippen LogP contribution < -0.4 is 0 Å². The van der Waals surface area contributed by atoms with Crippen LogP contribution in [0, 0.1) is 0 Å². The third-order valence-corrected chi connectivity index (χ3v) is 3.01. The van der Waals surface area contributed by atoms with Crippen LogP contribution in [0.15, 0.2) is 0 Å². The maximum atomic E-state index is 5.79. The number of nitrogens with zero attached hydrogens (tertiary/aromatic N) is 3. The molecule has 0 saturated carbocycles. The zero-order valence-corrected chi connectivity index (χ0v) is 9.70. The van der Waals surface area contributed by atoms with Gasteiger partial charge in [-0.05, 0) is 19.8 Å². The zero-order valence-electron chi connectivity index (χ0n) is 8.95. The second-order valence-electron chi connectivity index (χ2n) is 3.75. The molecular formula is C10H16ClN3O. The maximum absolute atomic E-state index is 5.79. The third kappa shape index (κ3) is 2.32. The Kier molecular flexibility index (Phi) is 3.59. The van der Waals surface area contributed by atoms with Crippen LogP contribution in [0.3, 0.4) is 0 Å². The lowest BCUT2D eigenvalue weighted by Gasteiger charge is -2.10. The number of alkyl halides is 1. The first-order chi connectivity index (χ1) is 7.35. The van der Waals surface area contributed by atoms with Gasteiger partial charge in [-0.25, -0.2) is 0 Å². The summed E-state index contributed by atoms with van der Waals surface area (Å²) in [6, 6.07) is 0. The molecule has 84 valence electrons. The number of halogens is 1.